The number of halogens is 1. The number of rotatable bonds is 11. The Labute approximate surface area is 197 Å². The molecule has 0 radical (unpaired) electrons. The summed E-state index contributed by atoms with van der Waals surface area (Å²) < 4.78 is 13.4. The smallest absolute Gasteiger partial charge is 0.249 e. The first-order valence-electron chi connectivity index (χ1n) is 10.7. The van der Waals surface area contributed by atoms with Crippen LogP contribution in [-0.4, -0.2) is 45.6 Å². The number of carbonyl (C=O) groups excluding carboxylic acids is 3. The zero-order chi connectivity index (χ0) is 24.6. The Morgan fingerprint density at radius 2 is 1.91 bits per heavy atom. The van der Waals surface area contributed by atoms with Crippen molar-refractivity contribution in [1.82, 2.24) is 15.4 Å². The fraction of sp³-hybridized carbons (Fsp3) is 0.478. The van der Waals surface area contributed by atoms with Crippen molar-refractivity contribution in [2.24, 2.45) is 11.3 Å². The zero-order valence-corrected chi connectivity index (χ0v) is 20.1. The van der Waals surface area contributed by atoms with E-state index in [1.165, 1.54) is 23.5 Å². The maximum Gasteiger partial charge on any atom is 0.249 e. The van der Waals surface area contributed by atoms with Gasteiger partial charge in [-0.3, -0.25) is 19.6 Å². The van der Waals surface area contributed by atoms with Crippen molar-refractivity contribution in [3.8, 4) is 0 Å². The number of hydroxylamine groups is 2. The molecule has 0 saturated heterocycles. The van der Waals surface area contributed by atoms with Crippen LogP contribution in [0.1, 0.15) is 46.1 Å². The summed E-state index contributed by atoms with van der Waals surface area (Å²) in [5.41, 5.74) is 0.0258. The number of anilines is 1. The average molecular weight is 479 g/mol. The van der Waals surface area contributed by atoms with Gasteiger partial charge in [0.1, 0.15) is 11.9 Å². The van der Waals surface area contributed by atoms with Crippen molar-refractivity contribution < 1.29 is 24.0 Å². The Hall–Kier alpha value is -2.85. The minimum atomic E-state index is -0.907. The lowest BCUT2D eigenvalue weighted by Gasteiger charge is -2.34. The number of benzene rings is 1. The summed E-state index contributed by atoms with van der Waals surface area (Å²) in [4.78, 5) is 41.8. The van der Waals surface area contributed by atoms with Gasteiger partial charge >= 0.3 is 0 Å². The van der Waals surface area contributed by atoms with Crippen LogP contribution in [0.5, 0.6) is 0 Å². The van der Waals surface area contributed by atoms with E-state index in [1.54, 1.807) is 23.7 Å². The minimum absolute atomic E-state index is 0.145. The molecule has 0 aliphatic carbocycles. The normalized spacial score (nSPS) is 14.1. The van der Waals surface area contributed by atoms with Gasteiger partial charge in [-0.05, 0) is 36.0 Å². The van der Waals surface area contributed by atoms with Crippen LogP contribution in [0, 0.1) is 17.2 Å². The highest BCUT2D eigenvalue weighted by Gasteiger charge is 2.38. The number of thiazole rings is 1. The molecule has 10 heteroatoms. The molecular weight excluding hydrogens is 447 g/mol. The number of aromatic nitrogens is 1. The molecule has 3 atom stereocenters. The third kappa shape index (κ3) is 7.61. The van der Waals surface area contributed by atoms with E-state index < -0.39 is 41.0 Å². The Kier molecular flexibility index (Phi) is 9.48. The number of hydrogen-bond acceptors (Lipinski definition) is 6. The molecule has 1 aromatic heterocycles. The third-order valence-corrected chi connectivity index (χ3v) is 5.97. The highest BCUT2D eigenvalue weighted by Crippen LogP contribution is 2.25. The Morgan fingerprint density at radius 3 is 2.42 bits per heavy atom. The van der Waals surface area contributed by atoms with Gasteiger partial charge in [0.05, 0.1) is 12.0 Å². The molecule has 0 spiro atoms. The molecule has 0 saturated carbocycles. The van der Waals surface area contributed by atoms with Crippen molar-refractivity contribution in [1.29, 1.82) is 0 Å². The van der Waals surface area contributed by atoms with Crippen molar-refractivity contribution in [2.45, 2.75) is 59.0 Å². The van der Waals surface area contributed by atoms with Crippen LogP contribution >= 0.6 is 11.3 Å². The molecule has 2 aromatic rings. The second-order valence-electron chi connectivity index (χ2n) is 8.91. The highest BCUT2D eigenvalue weighted by molar-refractivity contribution is 7.13. The first-order chi connectivity index (χ1) is 15.6. The lowest BCUT2D eigenvalue weighted by Crippen LogP contribution is -2.55. The Morgan fingerprint density at radius 1 is 1.24 bits per heavy atom. The van der Waals surface area contributed by atoms with Gasteiger partial charge in [0.15, 0.2) is 5.13 Å². The standard InChI is InChI=1S/C23H31FN4O4S/c1-5-6-18(28(32)14-29)17(13-15-7-9-16(24)10-8-15)20(30)26-19(23(2,3)4)21(31)27-22-25-11-12-33-22/h7-12,14,17-19,32H,5-6,13H2,1-4H3,(H,26,30)(H,25,27,31)/t17-,18+,19-/m1/s1. The van der Waals surface area contributed by atoms with Gasteiger partial charge in [-0.1, -0.05) is 46.2 Å². The van der Waals surface area contributed by atoms with E-state index in [2.05, 4.69) is 15.6 Å². The number of nitrogens with one attached hydrogen (secondary N) is 2. The average Bonchev–Trinajstić information content (AvgIpc) is 3.27. The molecular formula is C23H31FN4O4S. The molecule has 0 aliphatic heterocycles. The third-order valence-electron chi connectivity index (χ3n) is 5.28. The maximum absolute atomic E-state index is 13.5. The second kappa shape index (κ2) is 11.9. The van der Waals surface area contributed by atoms with E-state index in [1.807, 2.05) is 27.7 Å². The zero-order valence-electron chi connectivity index (χ0n) is 19.2. The molecule has 1 heterocycles. The largest absolute Gasteiger partial charge is 0.343 e. The minimum Gasteiger partial charge on any atom is -0.343 e. The number of carbonyl (C=O) groups is 3. The number of nitrogens with zero attached hydrogens (tertiary/aromatic N) is 2. The lowest BCUT2D eigenvalue weighted by atomic mass is 9.84. The fourth-order valence-corrected chi connectivity index (χ4v) is 4.09. The molecule has 0 aliphatic rings. The van der Waals surface area contributed by atoms with E-state index in [0.29, 0.717) is 28.6 Å². The molecule has 3 amide bonds. The van der Waals surface area contributed by atoms with Gasteiger partial charge in [-0.2, -0.15) is 0 Å². The summed E-state index contributed by atoms with van der Waals surface area (Å²) in [7, 11) is 0. The predicted molar refractivity (Wildman–Crippen MR) is 124 cm³/mol. The summed E-state index contributed by atoms with van der Waals surface area (Å²) in [5, 5.41) is 18.4. The van der Waals surface area contributed by atoms with Crippen molar-refractivity contribution in [3.63, 3.8) is 0 Å². The van der Waals surface area contributed by atoms with Crippen LogP contribution in [0.25, 0.3) is 0 Å². The maximum atomic E-state index is 13.5. The topological polar surface area (TPSA) is 112 Å². The quantitative estimate of drug-likeness (QED) is 0.259. The fourth-order valence-electron chi connectivity index (χ4n) is 3.56. The van der Waals surface area contributed by atoms with Gasteiger partial charge in [-0.25, -0.2) is 14.4 Å². The predicted octanol–water partition coefficient (Wildman–Crippen LogP) is 3.63. The summed E-state index contributed by atoms with van der Waals surface area (Å²) in [6, 6.07) is 3.95. The van der Waals surface area contributed by atoms with Gasteiger partial charge < -0.3 is 10.6 Å². The number of amides is 3. The summed E-state index contributed by atoms with van der Waals surface area (Å²) in [6.45, 7) is 7.34. The molecule has 0 unspecified atom stereocenters. The molecule has 180 valence electrons. The molecule has 8 nitrogen and oxygen atoms in total. The molecule has 2 rings (SSSR count). The van der Waals surface area contributed by atoms with E-state index >= 15 is 0 Å². The van der Waals surface area contributed by atoms with E-state index in [-0.39, 0.29) is 12.8 Å². The number of hydrogen-bond donors (Lipinski definition) is 3. The molecule has 1 aromatic carbocycles. The summed E-state index contributed by atoms with van der Waals surface area (Å²) in [6.07, 6.45) is 2.94. The molecule has 33 heavy (non-hydrogen) atoms. The van der Waals surface area contributed by atoms with E-state index in [0.717, 1.165) is 0 Å². The van der Waals surface area contributed by atoms with Crippen LogP contribution in [0.3, 0.4) is 0 Å². The van der Waals surface area contributed by atoms with Gasteiger partial charge in [0, 0.05) is 11.6 Å². The summed E-state index contributed by atoms with van der Waals surface area (Å²) >= 11 is 1.26. The van der Waals surface area contributed by atoms with Crippen molar-refractivity contribution in [3.05, 3.63) is 47.2 Å². The lowest BCUT2D eigenvalue weighted by molar-refractivity contribution is -0.169. The SMILES string of the molecule is CCC[C@@H]([C@@H](Cc1ccc(F)cc1)C(=O)N[C@H](C(=O)Nc1nccs1)C(C)(C)C)N(O)C=O. The highest BCUT2D eigenvalue weighted by atomic mass is 32.1. The van der Waals surface area contributed by atoms with Crippen LogP contribution in [0.4, 0.5) is 9.52 Å². The molecule has 3 N–H and O–H groups in total. The Balaban J connectivity index is 2.33. The van der Waals surface area contributed by atoms with E-state index in [4.69, 9.17) is 0 Å². The van der Waals surface area contributed by atoms with Crippen LogP contribution in [0.2, 0.25) is 0 Å². The molecule has 0 bridgehead atoms. The van der Waals surface area contributed by atoms with Crippen LogP contribution in [0.15, 0.2) is 35.8 Å². The van der Waals surface area contributed by atoms with Crippen LogP contribution < -0.4 is 10.6 Å². The van der Waals surface area contributed by atoms with Gasteiger partial charge in [0.25, 0.3) is 0 Å². The molecule has 0 fully saturated rings. The van der Waals surface area contributed by atoms with Crippen LogP contribution in [-0.2, 0) is 20.8 Å². The monoisotopic (exact) mass is 478 g/mol. The summed E-state index contributed by atoms with van der Waals surface area (Å²) in [5.74, 6) is -2.20. The van der Waals surface area contributed by atoms with Gasteiger partial charge in [-0.15, -0.1) is 11.3 Å². The second-order valence-corrected chi connectivity index (χ2v) is 9.81. The first kappa shape index (κ1) is 26.4. The first-order valence-corrected chi connectivity index (χ1v) is 11.6. The van der Waals surface area contributed by atoms with Gasteiger partial charge in [0.2, 0.25) is 18.2 Å². The van der Waals surface area contributed by atoms with Crippen molar-refractivity contribution >= 4 is 34.7 Å². The van der Waals surface area contributed by atoms with E-state index in [9.17, 15) is 24.0 Å². The Bertz CT molecular complexity index is 916. The van der Waals surface area contributed by atoms with Crippen molar-refractivity contribution in [2.75, 3.05) is 5.32 Å².